The summed E-state index contributed by atoms with van der Waals surface area (Å²) >= 11 is 18.4. The summed E-state index contributed by atoms with van der Waals surface area (Å²) in [7, 11) is -3.44. The van der Waals surface area contributed by atoms with E-state index in [0.717, 1.165) is 17.4 Å². The smallest absolute Gasteiger partial charge is 0.303 e. The van der Waals surface area contributed by atoms with Gasteiger partial charge in [-0.15, -0.1) is 11.6 Å². The van der Waals surface area contributed by atoms with Gasteiger partial charge in [-0.05, 0) is 35.4 Å². The van der Waals surface area contributed by atoms with Gasteiger partial charge in [0.1, 0.15) is 31.2 Å². The van der Waals surface area contributed by atoms with Gasteiger partial charge in [0.15, 0.2) is 5.75 Å². The maximum absolute atomic E-state index is 11.3. The Labute approximate surface area is 226 Å². The highest BCUT2D eigenvalue weighted by Crippen LogP contribution is 2.40. The standard InChI is InChI=1S/C24H30Cl3NO7S/c1-15(29)35-20(12-28-36(4,31)32)14-33-19-7-5-16(6-8-19)24(2,3)17-9-21(26)23(22(27)10-17)34-13-18(30)11-25/h5-10,18,20,28,30H,11-14H2,1-4H3/t18-,20-/m0/s1. The summed E-state index contributed by atoms with van der Waals surface area (Å²) in [5, 5.41) is 10.2. The van der Waals surface area contributed by atoms with Crippen LogP contribution in [0.1, 0.15) is 31.9 Å². The number of ether oxygens (including phenoxy) is 3. The van der Waals surface area contributed by atoms with Crippen LogP contribution in [-0.2, 0) is 25.0 Å². The van der Waals surface area contributed by atoms with Gasteiger partial charge in [0, 0.05) is 12.3 Å². The zero-order chi connectivity index (χ0) is 27.1. The predicted molar refractivity (Wildman–Crippen MR) is 141 cm³/mol. The number of rotatable bonds is 13. The van der Waals surface area contributed by atoms with Crippen molar-refractivity contribution in [1.82, 2.24) is 4.72 Å². The van der Waals surface area contributed by atoms with E-state index in [9.17, 15) is 18.3 Å². The van der Waals surface area contributed by atoms with E-state index in [1.54, 1.807) is 24.3 Å². The fraction of sp³-hybridized carbons (Fsp3) is 0.458. The van der Waals surface area contributed by atoms with Gasteiger partial charge in [0.25, 0.3) is 0 Å². The molecule has 0 aliphatic carbocycles. The van der Waals surface area contributed by atoms with Crippen molar-refractivity contribution in [3.05, 3.63) is 57.6 Å². The summed E-state index contributed by atoms with van der Waals surface area (Å²) in [4.78, 5) is 11.3. The number of benzene rings is 2. The molecule has 0 radical (unpaired) electrons. The van der Waals surface area contributed by atoms with E-state index >= 15 is 0 Å². The molecular weight excluding hydrogens is 553 g/mol. The van der Waals surface area contributed by atoms with E-state index in [1.807, 2.05) is 26.0 Å². The predicted octanol–water partition coefficient (Wildman–Crippen LogP) is 4.16. The van der Waals surface area contributed by atoms with Gasteiger partial charge < -0.3 is 19.3 Å². The number of alkyl halides is 1. The first-order valence-electron chi connectivity index (χ1n) is 10.9. The molecule has 0 fully saturated rings. The third-order valence-corrected chi connectivity index (χ3v) is 6.84. The molecular formula is C24H30Cl3NO7S. The molecule has 12 heteroatoms. The summed E-state index contributed by atoms with van der Waals surface area (Å²) in [6, 6.07) is 10.8. The molecule has 2 atom stereocenters. The number of hydrogen-bond donors (Lipinski definition) is 2. The fourth-order valence-electron chi connectivity index (χ4n) is 3.22. The molecule has 2 N–H and O–H groups in total. The summed E-state index contributed by atoms with van der Waals surface area (Å²) in [6.07, 6.45) is -0.605. The van der Waals surface area contributed by atoms with Crippen molar-refractivity contribution in [2.45, 2.75) is 38.4 Å². The Morgan fingerprint density at radius 2 is 1.64 bits per heavy atom. The first kappa shape index (κ1) is 30.5. The fourth-order valence-corrected chi connectivity index (χ4v) is 4.39. The molecule has 0 aliphatic heterocycles. The van der Waals surface area contributed by atoms with Gasteiger partial charge in [-0.25, -0.2) is 13.1 Å². The van der Waals surface area contributed by atoms with Crippen LogP contribution in [0.15, 0.2) is 36.4 Å². The number of aliphatic hydroxyl groups is 1. The van der Waals surface area contributed by atoms with Crippen LogP contribution in [0.2, 0.25) is 10.0 Å². The Balaban J connectivity index is 2.13. The second-order valence-electron chi connectivity index (χ2n) is 8.70. The molecule has 0 saturated carbocycles. The van der Waals surface area contributed by atoms with Gasteiger partial charge in [-0.3, -0.25) is 4.79 Å². The maximum Gasteiger partial charge on any atom is 0.303 e. The van der Waals surface area contributed by atoms with E-state index in [1.165, 1.54) is 6.92 Å². The Morgan fingerprint density at radius 3 is 2.14 bits per heavy atom. The van der Waals surface area contributed by atoms with Gasteiger partial charge in [-0.1, -0.05) is 49.2 Å². The van der Waals surface area contributed by atoms with E-state index in [0.29, 0.717) is 15.8 Å². The third kappa shape index (κ3) is 9.28. The van der Waals surface area contributed by atoms with Crippen molar-refractivity contribution in [2.24, 2.45) is 0 Å². The number of halogens is 3. The lowest BCUT2D eigenvalue weighted by atomic mass is 9.78. The Morgan fingerprint density at radius 1 is 1.06 bits per heavy atom. The minimum absolute atomic E-state index is 0.0298. The number of carbonyl (C=O) groups is 1. The molecule has 2 rings (SSSR count). The summed E-state index contributed by atoms with van der Waals surface area (Å²) < 4.78 is 41.4. The second kappa shape index (κ2) is 13.2. The van der Waals surface area contributed by atoms with Crippen molar-refractivity contribution in [3.8, 4) is 11.5 Å². The number of aliphatic hydroxyl groups excluding tert-OH is 1. The average molecular weight is 583 g/mol. The van der Waals surface area contributed by atoms with Crippen LogP contribution in [-0.4, -0.2) is 63.6 Å². The van der Waals surface area contributed by atoms with Gasteiger partial charge >= 0.3 is 5.97 Å². The molecule has 0 aliphatic rings. The molecule has 2 aromatic carbocycles. The number of esters is 1. The Kier molecular flexibility index (Phi) is 11.1. The molecule has 0 amide bonds. The van der Waals surface area contributed by atoms with Crippen LogP contribution < -0.4 is 14.2 Å². The highest BCUT2D eigenvalue weighted by Gasteiger charge is 2.26. The minimum Gasteiger partial charge on any atom is -0.490 e. The van der Waals surface area contributed by atoms with E-state index in [4.69, 9.17) is 49.0 Å². The topological polar surface area (TPSA) is 111 Å². The molecule has 200 valence electrons. The second-order valence-corrected chi connectivity index (χ2v) is 11.7. The monoisotopic (exact) mass is 581 g/mol. The minimum atomic E-state index is -3.44. The quantitative estimate of drug-likeness (QED) is 0.270. The lowest BCUT2D eigenvalue weighted by molar-refractivity contribution is -0.147. The number of hydrogen-bond acceptors (Lipinski definition) is 7. The zero-order valence-corrected chi connectivity index (χ0v) is 23.5. The largest absolute Gasteiger partial charge is 0.490 e. The lowest BCUT2D eigenvalue weighted by Gasteiger charge is -2.27. The molecule has 0 saturated heterocycles. The molecule has 2 aromatic rings. The SMILES string of the molecule is CC(=O)O[C@@H](CNS(C)(=O)=O)COc1ccc(C(C)(C)c2cc(Cl)c(OC[C@@H](O)CCl)c(Cl)c2)cc1. The molecule has 0 spiro atoms. The highest BCUT2D eigenvalue weighted by molar-refractivity contribution is 7.88. The lowest BCUT2D eigenvalue weighted by Crippen LogP contribution is -2.37. The van der Waals surface area contributed by atoms with Gasteiger partial charge in [0.2, 0.25) is 10.0 Å². The normalized spacial score (nSPS) is 13.7. The first-order valence-corrected chi connectivity index (χ1v) is 14.1. The zero-order valence-electron chi connectivity index (χ0n) is 20.4. The van der Waals surface area contributed by atoms with Crippen LogP contribution in [0.5, 0.6) is 11.5 Å². The average Bonchev–Trinajstić information content (AvgIpc) is 2.79. The first-order chi connectivity index (χ1) is 16.7. The van der Waals surface area contributed by atoms with E-state index in [-0.39, 0.29) is 31.4 Å². The van der Waals surface area contributed by atoms with Crippen LogP contribution in [0.25, 0.3) is 0 Å². The van der Waals surface area contributed by atoms with E-state index < -0.39 is 33.6 Å². The van der Waals surface area contributed by atoms with Crippen molar-refractivity contribution < 1.29 is 32.5 Å². The number of sulfonamides is 1. The third-order valence-electron chi connectivity index (χ3n) is 5.24. The van der Waals surface area contributed by atoms with Crippen LogP contribution in [0, 0.1) is 0 Å². The molecule has 0 unspecified atom stereocenters. The van der Waals surface area contributed by atoms with Crippen LogP contribution in [0.3, 0.4) is 0 Å². The number of carbonyl (C=O) groups excluding carboxylic acids is 1. The van der Waals surface area contributed by atoms with Crippen molar-refractivity contribution in [3.63, 3.8) is 0 Å². The summed E-state index contributed by atoms with van der Waals surface area (Å²) in [5.74, 6) is 0.282. The Bertz CT molecular complexity index is 1120. The van der Waals surface area contributed by atoms with Gasteiger partial charge in [0.05, 0.1) is 28.7 Å². The number of nitrogens with one attached hydrogen (secondary N) is 1. The summed E-state index contributed by atoms with van der Waals surface area (Å²) in [6.45, 7) is 5.10. The van der Waals surface area contributed by atoms with E-state index in [2.05, 4.69) is 4.72 Å². The summed E-state index contributed by atoms with van der Waals surface area (Å²) in [5.41, 5.74) is 1.31. The Hall–Kier alpha value is -1.75. The molecule has 0 heterocycles. The highest BCUT2D eigenvalue weighted by atomic mass is 35.5. The van der Waals surface area contributed by atoms with Crippen LogP contribution >= 0.6 is 34.8 Å². The van der Waals surface area contributed by atoms with Gasteiger partial charge in [-0.2, -0.15) is 0 Å². The molecule has 0 bridgehead atoms. The van der Waals surface area contributed by atoms with Crippen LogP contribution in [0.4, 0.5) is 0 Å². The molecule has 0 aromatic heterocycles. The van der Waals surface area contributed by atoms with Crippen molar-refractivity contribution >= 4 is 50.8 Å². The molecule has 8 nitrogen and oxygen atoms in total. The molecule has 36 heavy (non-hydrogen) atoms. The van der Waals surface area contributed by atoms with Crippen molar-refractivity contribution in [2.75, 3.05) is 31.9 Å². The maximum atomic E-state index is 11.3. The van der Waals surface area contributed by atoms with Crippen molar-refractivity contribution in [1.29, 1.82) is 0 Å².